The fraction of sp³-hybridized carbons (Fsp3) is 0.500. The van der Waals surface area contributed by atoms with Gasteiger partial charge in [0.1, 0.15) is 0 Å². The second kappa shape index (κ2) is 6.37. The van der Waals surface area contributed by atoms with E-state index in [2.05, 4.69) is 15.0 Å². The molecule has 2 rings (SSSR count). The SMILES string of the molecule is Cn1c(=O)c2c(ncn2CCNC(=O)OCC(F)(F)F)n(C)c1=O. The summed E-state index contributed by atoms with van der Waals surface area (Å²) in [4.78, 5) is 39.0. The van der Waals surface area contributed by atoms with E-state index in [1.807, 2.05) is 0 Å². The highest BCUT2D eigenvalue weighted by molar-refractivity contribution is 5.70. The Hall–Kier alpha value is -2.79. The van der Waals surface area contributed by atoms with Crippen molar-refractivity contribution >= 4 is 17.3 Å². The van der Waals surface area contributed by atoms with Crippen molar-refractivity contribution in [3.05, 3.63) is 27.2 Å². The maximum Gasteiger partial charge on any atom is 0.422 e. The number of alkyl carbamates (subject to hydrolysis) is 1. The van der Waals surface area contributed by atoms with E-state index in [0.29, 0.717) is 0 Å². The highest BCUT2D eigenvalue weighted by Crippen LogP contribution is 2.14. The summed E-state index contributed by atoms with van der Waals surface area (Å²) in [5, 5.41) is 2.13. The number of fused-ring (bicyclic) bond motifs is 1. The van der Waals surface area contributed by atoms with Crippen molar-refractivity contribution in [3.8, 4) is 0 Å². The number of carbonyl (C=O) groups excluding carboxylic acids is 1. The molecule has 0 saturated carbocycles. The van der Waals surface area contributed by atoms with E-state index in [-0.39, 0.29) is 24.3 Å². The Balaban J connectivity index is 2.08. The van der Waals surface area contributed by atoms with Crippen molar-refractivity contribution in [3.63, 3.8) is 0 Å². The third kappa shape index (κ3) is 3.58. The van der Waals surface area contributed by atoms with Crippen LogP contribution in [0.1, 0.15) is 0 Å². The van der Waals surface area contributed by atoms with Crippen LogP contribution < -0.4 is 16.6 Å². The number of aromatic nitrogens is 4. The van der Waals surface area contributed by atoms with Gasteiger partial charge in [-0.05, 0) is 0 Å². The average Bonchev–Trinajstić information content (AvgIpc) is 2.92. The lowest BCUT2D eigenvalue weighted by molar-refractivity contribution is -0.160. The van der Waals surface area contributed by atoms with Crippen molar-refractivity contribution in [2.75, 3.05) is 13.2 Å². The second-order valence-electron chi connectivity index (χ2n) is 4.93. The number of imidazole rings is 1. The van der Waals surface area contributed by atoms with Crippen LogP contribution in [0.25, 0.3) is 11.2 Å². The lowest BCUT2D eigenvalue weighted by atomic mass is 10.5. The summed E-state index contributed by atoms with van der Waals surface area (Å²) < 4.78 is 43.2. The average molecular weight is 349 g/mol. The minimum Gasteiger partial charge on any atom is -0.440 e. The molecular weight excluding hydrogens is 335 g/mol. The molecule has 0 aromatic carbocycles. The van der Waals surface area contributed by atoms with Gasteiger partial charge in [0.15, 0.2) is 17.8 Å². The Morgan fingerprint density at radius 2 is 1.96 bits per heavy atom. The standard InChI is InChI=1S/C12H14F3N5O4/c1-18-8-7(9(21)19(2)11(18)23)20(6-17-8)4-3-16-10(22)24-5-12(13,14)15/h6H,3-5H2,1-2H3,(H,16,22). The summed E-state index contributed by atoms with van der Waals surface area (Å²) >= 11 is 0. The number of hydrogen-bond donors (Lipinski definition) is 1. The van der Waals surface area contributed by atoms with E-state index in [4.69, 9.17) is 0 Å². The van der Waals surface area contributed by atoms with E-state index >= 15 is 0 Å². The van der Waals surface area contributed by atoms with Gasteiger partial charge >= 0.3 is 18.0 Å². The van der Waals surface area contributed by atoms with Gasteiger partial charge in [0.25, 0.3) is 5.56 Å². The van der Waals surface area contributed by atoms with Gasteiger partial charge in [0.2, 0.25) is 0 Å². The Morgan fingerprint density at radius 3 is 2.58 bits per heavy atom. The molecule has 0 radical (unpaired) electrons. The number of halogens is 3. The Bertz CT molecular complexity index is 880. The van der Waals surface area contributed by atoms with Gasteiger partial charge in [-0.25, -0.2) is 14.6 Å². The predicted molar refractivity (Wildman–Crippen MR) is 75.6 cm³/mol. The first-order valence-corrected chi connectivity index (χ1v) is 6.70. The predicted octanol–water partition coefficient (Wildman–Crippen LogP) is -0.278. The summed E-state index contributed by atoms with van der Waals surface area (Å²) in [6, 6.07) is 0. The van der Waals surface area contributed by atoms with Gasteiger partial charge in [-0.15, -0.1) is 0 Å². The zero-order chi connectivity index (χ0) is 18.1. The van der Waals surface area contributed by atoms with Gasteiger partial charge in [0.05, 0.1) is 6.33 Å². The van der Waals surface area contributed by atoms with E-state index < -0.39 is 30.1 Å². The minimum atomic E-state index is -4.60. The smallest absolute Gasteiger partial charge is 0.422 e. The first-order chi connectivity index (χ1) is 11.1. The quantitative estimate of drug-likeness (QED) is 0.818. The molecule has 0 atom stereocenters. The summed E-state index contributed by atoms with van der Waals surface area (Å²) in [5.41, 5.74) is -0.787. The van der Waals surface area contributed by atoms with Crippen LogP contribution in [-0.2, 0) is 25.4 Å². The monoisotopic (exact) mass is 349 g/mol. The lowest BCUT2D eigenvalue weighted by Gasteiger charge is -2.10. The van der Waals surface area contributed by atoms with Crippen LogP contribution in [0, 0.1) is 0 Å². The highest BCUT2D eigenvalue weighted by atomic mass is 19.4. The second-order valence-corrected chi connectivity index (χ2v) is 4.93. The number of ether oxygens (including phenoxy) is 1. The molecule has 9 nitrogen and oxygen atoms in total. The molecule has 1 N–H and O–H groups in total. The van der Waals surface area contributed by atoms with Crippen molar-refractivity contribution in [2.45, 2.75) is 12.7 Å². The van der Waals surface area contributed by atoms with E-state index in [1.54, 1.807) is 0 Å². The van der Waals surface area contributed by atoms with Crippen LogP contribution in [0.15, 0.2) is 15.9 Å². The highest BCUT2D eigenvalue weighted by Gasteiger charge is 2.29. The number of aryl methyl sites for hydroxylation is 1. The number of nitrogens with one attached hydrogen (secondary N) is 1. The van der Waals surface area contributed by atoms with Gasteiger partial charge in [-0.1, -0.05) is 0 Å². The van der Waals surface area contributed by atoms with Crippen LogP contribution >= 0.6 is 0 Å². The Kier molecular flexibility index (Phi) is 4.66. The molecule has 0 aliphatic rings. The first-order valence-electron chi connectivity index (χ1n) is 6.70. The fourth-order valence-electron chi connectivity index (χ4n) is 2.04. The van der Waals surface area contributed by atoms with Crippen molar-refractivity contribution < 1.29 is 22.7 Å². The molecule has 2 aromatic heterocycles. The van der Waals surface area contributed by atoms with Crippen LogP contribution in [0.5, 0.6) is 0 Å². The molecule has 132 valence electrons. The van der Waals surface area contributed by atoms with E-state index in [1.165, 1.54) is 29.6 Å². The minimum absolute atomic E-state index is 0.0606. The summed E-state index contributed by atoms with van der Waals surface area (Å²) in [6.45, 7) is -1.71. The number of hydrogen-bond acceptors (Lipinski definition) is 5. The van der Waals surface area contributed by atoms with E-state index in [9.17, 15) is 27.6 Å². The molecule has 0 aliphatic heterocycles. The third-order valence-corrected chi connectivity index (χ3v) is 3.21. The third-order valence-electron chi connectivity index (χ3n) is 3.21. The molecule has 1 amide bonds. The van der Waals surface area contributed by atoms with Crippen molar-refractivity contribution in [1.82, 2.24) is 24.0 Å². The molecule has 24 heavy (non-hydrogen) atoms. The number of amides is 1. The Labute approximate surface area is 132 Å². The molecule has 0 fully saturated rings. The molecular formula is C12H14F3N5O4. The summed E-state index contributed by atoms with van der Waals surface area (Å²) in [7, 11) is 2.77. The van der Waals surface area contributed by atoms with Crippen LogP contribution in [0.4, 0.5) is 18.0 Å². The van der Waals surface area contributed by atoms with E-state index in [0.717, 1.165) is 4.57 Å². The largest absolute Gasteiger partial charge is 0.440 e. The van der Waals surface area contributed by atoms with Crippen molar-refractivity contribution in [2.24, 2.45) is 14.1 Å². The molecule has 0 aliphatic carbocycles. The zero-order valence-corrected chi connectivity index (χ0v) is 12.8. The maximum atomic E-state index is 12.1. The maximum absolute atomic E-state index is 12.1. The van der Waals surface area contributed by atoms with Crippen LogP contribution in [0.2, 0.25) is 0 Å². The molecule has 2 aromatic rings. The number of alkyl halides is 3. The fourth-order valence-corrected chi connectivity index (χ4v) is 2.04. The van der Waals surface area contributed by atoms with Gasteiger partial charge in [-0.3, -0.25) is 13.9 Å². The number of carbonyl (C=O) groups is 1. The van der Waals surface area contributed by atoms with Crippen molar-refractivity contribution in [1.29, 1.82) is 0 Å². The molecule has 0 bridgehead atoms. The van der Waals surface area contributed by atoms with Gasteiger partial charge in [-0.2, -0.15) is 13.2 Å². The van der Waals surface area contributed by atoms with Crippen LogP contribution in [0.3, 0.4) is 0 Å². The van der Waals surface area contributed by atoms with Crippen LogP contribution in [-0.4, -0.2) is 44.1 Å². The van der Waals surface area contributed by atoms with Gasteiger partial charge in [0, 0.05) is 27.2 Å². The summed E-state index contributed by atoms with van der Waals surface area (Å²) in [6.07, 6.45) is -4.53. The normalized spacial score (nSPS) is 11.7. The summed E-state index contributed by atoms with van der Waals surface area (Å²) in [5.74, 6) is 0. The molecule has 12 heteroatoms. The topological polar surface area (TPSA) is 100 Å². The molecule has 2 heterocycles. The number of rotatable bonds is 4. The lowest BCUT2D eigenvalue weighted by Crippen LogP contribution is -2.38. The Morgan fingerprint density at radius 1 is 1.29 bits per heavy atom. The first kappa shape index (κ1) is 17.6. The molecule has 0 unspecified atom stereocenters. The zero-order valence-electron chi connectivity index (χ0n) is 12.8. The molecule has 0 spiro atoms. The van der Waals surface area contributed by atoms with Gasteiger partial charge < -0.3 is 14.6 Å². The number of nitrogens with zero attached hydrogens (tertiary/aromatic N) is 4. The molecule has 0 saturated heterocycles.